The highest BCUT2D eigenvalue weighted by Crippen LogP contribution is 2.49. The first-order chi connectivity index (χ1) is 8.78. The number of ketones is 1. The summed E-state index contributed by atoms with van der Waals surface area (Å²) >= 11 is 0. The molecule has 4 atom stereocenters. The average molecular weight is 264 g/mol. The summed E-state index contributed by atoms with van der Waals surface area (Å²) in [5, 5.41) is 19.7. The van der Waals surface area contributed by atoms with Crippen molar-refractivity contribution in [1.82, 2.24) is 0 Å². The molecule has 2 aliphatic carbocycles. The van der Waals surface area contributed by atoms with E-state index in [0.29, 0.717) is 17.6 Å². The van der Waals surface area contributed by atoms with E-state index in [2.05, 4.69) is 0 Å². The Hall–Kier alpha value is -1.42. The number of carboxylic acids is 1. The standard InChI is InChI=1S/C15H20O4/c1-8(14(18)19)10-4-6-15(3)7-5-11(16)9(2)12(15)13(10)17/h5,7-8,10,13,17H,4,6H2,1-3H3,(H,18,19)/t8-,10-,13-,15-/m0/s1. The van der Waals surface area contributed by atoms with Crippen molar-refractivity contribution in [2.24, 2.45) is 17.3 Å². The minimum atomic E-state index is -0.899. The van der Waals surface area contributed by atoms with Gasteiger partial charge in [0.2, 0.25) is 0 Å². The van der Waals surface area contributed by atoms with Crippen molar-refractivity contribution in [2.75, 3.05) is 0 Å². The van der Waals surface area contributed by atoms with Gasteiger partial charge in [0.25, 0.3) is 0 Å². The molecule has 0 spiro atoms. The fourth-order valence-electron chi connectivity index (χ4n) is 3.36. The number of carbonyl (C=O) groups is 2. The molecule has 19 heavy (non-hydrogen) atoms. The van der Waals surface area contributed by atoms with E-state index in [1.54, 1.807) is 19.9 Å². The molecule has 4 heteroatoms. The predicted octanol–water partition coefficient (Wildman–Crippen LogP) is 1.94. The zero-order valence-corrected chi connectivity index (χ0v) is 11.5. The van der Waals surface area contributed by atoms with Gasteiger partial charge in [-0.3, -0.25) is 9.59 Å². The molecule has 1 fully saturated rings. The summed E-state index contributed by atoms with van der Waals surface area (Å²) in [6.45, 7) is 5.34. The minimum Gasteiger partial charge on any atom is -0.481 e. The smallest absolute Gasteiger partial charge is 0.306 e. The maximum atomic E-state index is 11.8. The maximum absolute atomic E-state index is 11.8. The molecule has 2 rings (SSSR count). The lowest BCUT2D eigenvalue weighted by molar-refractivity contribution is -0.145. The lowest BCUT2D eigenvalue weighted by Crippen LogP contribution is -2.44. The molecule has 0 saturated heterocycles. The van der Waals surface area contributed by atoms with Crippen LogP contribution in [0.3, 0.4) is 0 Å². The molecule has 4 nitrogen and oxygen atoms in total. The average Bonchev–Trinajstić information content (AvgIpc) is 2.34. The quantitative estimate of drug-likeness (QED) is 0.799. The van der Waals surface area contributed by atoms with Crippen molar-refractivity contribution in [1.29, 1.82) is 0 Å². The number of aliphatic hydroxyl groups is 1. The summed E-state index contributed by atoms with van der Waals surface area (Å²) in [4.78, 5) is 22.9. The third-order valence-corrected chi connectivity index (χ3v) is 4.72. The fraction of sp³-hybridized carbons (Fsp3) is 0.600. The van der Waals surface area contributed by atoms with Crippen LogP contribution in [0.1, 0.15) is 33.6 Å². The number of hydrogen-bond acceptors (Lipinski definition) is 3. The van der Waals surface area contributed by atoms with E-state index >= 15 is 0 Å². The fourth-order valence-corrected chi connectivity index (χ4v) is 3.36. The number of rotatable bonds is 2. The van der Waals surface area contributed by atoms with Crippen LogP contribution in [0.15, 0.2) is 23.3 Å². The van der Waals surface area contributed by atoms with Crippen molar-refractivity contribution < 1.29 is 19.8 Å². The molecule has 0 radical (unpaired) electrons. The largest absolute Gasteiger partial charge is 0.481 e. The molecular formula is C15H20O4. The van der Waals surface area contributed by atoms with Gasteiger partial charge in [-0.25, -0.2) is 0 Å². The Bertz CT molecular complexity index is 488. The highest BCUT2D eigenvalue weighted by atomic mass is 16.4. The van der Waals surface area contributed by atoms with Crippen molar-refractivity contribution in [2.45, 2.75) is 39.7 Å². The molecule has 0 amide bonds. The molecule has 0 aromatic carbocycles. The van der Waals surface area contributed by atoms with E-state index < -0.39 is 18.0 Å². The monoisotopic (exact) mass is 264 g/mol. The van der Waals surface area contributed by atoms with Crippen molar-refractivity contribution in [3.05, 3.63) is 23.3 Å². The Morgan fingerprint density at radius 1 is 1.53 bits per heavy atom. The van der Waals surface area contributed by atoms with Crippen LogP contribution in [0.2, 0.25) is 0 Å². The zero-order valence-electron chi connectivity index (χ0n) is 11.5. The van der Waals surface area contributed by atoms with Gasteiger partial charge in [-0.15, -0.1) is 0 Å². The molecule has 0 bridgehead atoms. The first kappa shape index (κ1) is 14.0. The third kappa shape index (κ3) is 2.14. The van der Waals surface area contributed by atoms with E-state index in [4.69, 9.17) is 5.11 Å². The highest BCUT2D eigenvalue weighted by Gasteiger charge is 2.46. The number of hydrogen-bond donors (Lipinski definition) is 2. The number of carbonyl (C=O) groups excluding carboxylic acids is 1. The minimum absolute atomic E-state index is 0.0878. The van der Waals surface area contributed by atoms with E-state index in [1.165, 1.54) is 0 Å². The van der Waals surface area contributed by atoms with Crippen molar-refractivity contribution >= 4 is 11.8 Å². The first-order valence-corrected chi connectivity index (χ1v) is 6.63. The van der Waals surface area contributed by atoms with Crippen LogP contribution in [0.5, 0.6) is 0 Å². The topological polar surface area (TPSA) is 74.6 Å². The Balaban J connectivity index is 2.41. The van der Waals surface area contributed by atoms with Crippen LogP contribution in [-0.4, -0.2) is 28.1 Å². The summed E-state index contributed by atoms with van der Waals surface area (Å²) in [6.07, 6.45) is 3.98. The molecule has 0 aromatic heterocycles. The molecule has 104 valence electrons. The summed E-state index contributed by atoms with van der Waals surface area (Å²) in [5.41, 5.74) is 0.968. The summed E-state index contributed by atoms with van der Waals surface area (Å²) < 4.78 is 0. The number of allylic oxidation sites excluding steroid dienone is 3. The molecule has 0 unspecified atom stereocenters. The second-order valence-corrected chi connectivity index (χ2v) is 5.93. The van der Waals surface area contributed by atoms with E-state index in [-0.39, 0.29) is 17.1 Å². The normalized spacial score (nSPS) is 36.1. The second kappa shape index (κ2) is 4.60. The van der Waals surface area contributed by atoms with Crippen LogP contribution in [0.25, 0.3) is 0 Å². The van der Waals surface area contributed by atoms with Gasteiger partial charge in [-0.2, -0.15) is 0 Å². The Morgan fingerprint density at radius 2 is 2.16 bits per heavy atom. The van der Waals surface area contributed by atoms with Gasteiger partial charge in [0, 0.05) is 11.3 Å². The summed E-state index contributed by atoms with van der Waals surface area (Å²) in [5.74, 6) is -1.92. The second-order valence-electron chi connectivity index (χ2n) is 5.93. The third-order valence-electron chi connectivity index (χ3n) is 4.72. The van der Waals surface area contributed by atoms with Crippen LogP contribution >= 0.6 is 0 Å². The molecule has 0 aromatic rings. The number of carboxylic acid groups (broad SMARTS) is 1. The Morgan fingerprint density at radius 3 is 2.74 bits per heavy atom. The van der Waals surface area contributed by atoms with Gasteiger partial charge in [-0.05, 0) is 37.0 Å². The molecule has 2 N–H and O–H groups in total. The first-order valence-electron chi connectivity index (χ1n) is 6.63. The predicted molar refractivity (Wildman–Crippen MR) is 70.5 cm³/mol. The van der Waals surface area contributed by atoms with Crippen molar-refractivity contribution in [3.63, 3.8) is 0 Å². The van der Waals surface area contributed by atoms with Gasteiger partial charge < -0.3 is 10.2 Å². The molecule has 0 heterocycles. The highest BCUT2D eigenvalue weighted by molar-refractivity contribution is 6.05. The van der Waals surface area contributed by atoms with Crippen molar-refractivity contribution in [3.8, 4) is 0 Å². The lowest BCUT2D eigenvalue weighted by atomic mass is 9.61. The van der Waals surface area contributed by atoms with Crippen LogP contribution in [0.4, 0.5) is 0 Å². The van der Waals surface area contributed by atoms with Gasteiger partial charge in [0.1, 0.15) is 0 Å². The number of fused-ring (bicyclic) bond motifs is 1. The van der Waals surface area contributed by atoms with Gasteiger partial charge in [0.15, 0.2) is 5.78 Å². The summed E-state index contributed by atoms with van der Waals surface area (Å²) in [6, 6.07) is 0. The molecule has 2 aliphatic rings. The maximum Gasteiger partial charge on any atom is 0.306 e. The van der Waals surface area contributed by atoms with Gasteiger partial charge in [0.05, 0.1) is 12.0 Å². The summed E-state index contributed by atoms with van der Waals surface area (Å²) in [7, 11) is 0. The number of aliphatic carboxylic acids is 1. The lowest BCUT2D eigenvalue weighted by Gasteiger charge is -2.45. The molecular weight excluding hydrogens is 244 g/mol. The Labute approximate surface area is 112 Å². The van der Waals surface area contributed by atoms with Gasteiger partial charge in [-0.1, -0.05) is 19.9 Å². The molecule has 0 aliphatic heterocycles. The molecule has 1 saturated carbocycles. The van der Waals surface area contributed by atoms with Crippen LogP contribution in [-0.2, 0) is 9.59 Å². The Kier molecular flexibility index (Phi) is 3.39. The SMILES string of the molecule is CC1=C2[C@@H](O)[C@H]([C@H](C)C(=O)O)CC[C@@]2(C)C=CC1=O. The van der Waals surface area contributed by atoms with E-state index in [9.17, 15) is 14.7 Å². The van der Waals surface area contributed by atoms with E-state index in [1.807, 2.05) is 13.0 Å². The van der Waals surface area contributed by atoms with E-state index in [0.717, 1.165) is 6.42 Å². The van der Waals surface area contributed by atoms with Gasteiger partial charge >= 0.3 is 5.97 Å². The van der Waals surface area contributed by atoms with Crippen LogP contribution < -0.4 is 0 Å². The zero-order chi connectivity index (χ0) is 14.4. The van der Waals surface area contributed by atoms with Crippen LogP contribution in [0, 0.1) is 17.3 Å². The number of aliphatic hydroxyl groups excluding tert-OH is 1.